The molecule has 7 nitrogen and oxygen atoms in total. The van der Waals surface area contributed by atoms with Crippen molar-refractivity contribution in [2.75, 3.05) is 13.1 Å². The molecule has 0 aliphatic carbocycles. The molecule has 140 valence electrons. The van der Waals surface area contributed by atoms with Crippen LogP contribution in [0.4, 0.5) is 0 Å². The standard InChI is InChI=1S/C19H19N3O4S/c1-11-16-13(19(24)25-12(2)18(23)22-7-3-4-8-22)10-14(15-6-5-9-27-15)20-17(16)26-21-11/h5-6,9-10,12H,3-4,7-8H2,1-2H3. The molecule has 1 aliphatic heterocycles. The first-order valence-corrected chi connectivity index (χ1v) is 9.73. The summed E-state index contributed by atoms with van der Waals surface area (Å²) >= 11 is 1.51. The first-order chi connectivity index (χ1) is 13.0. The van der Waals surface area contributed by atoms with E-state index < -0.39 is 12.1 Å². The molecule has 4 rings (SSSR count). The third kappa shape index (κ3) is 3.32. The fraction of sp³-hybridized carbons (Fsp3) is 0.368. The van der Waals surface area contributed by atoms with E-state index in [1.807, 2.05) is 17.5 Å². The quantitative estimate of drug-likeness (QED) is 0.640. The topological polar surface area (TPSA) is 85.5 Å². The van der Waals surface area contributed by atoms with Crippen molar-refractivity contribution in [1.29, 1.82) is 0 Å². The number of carbonyl (C=O) groups excluding carboxylic acids is 2. The Labute approximate surface area is 159 Å². The fourth-order valence-corrected chi connectivity index (χ4v) is 3.96. The number of thiophene rings is 1. The molecular formula is C19H19N3O4S. The first-order valence-electron chi connectivity index (χ1n) is 8.85. The van der Waals surface area contributed by atoms with Gasteiger partial charge in [0.1, 0.15) is 0 Å². The van der Waals surface area contributed by atoms with Crippen LogP contribution in [-0.2, 0) is 9.53 Å². The average molecular weight is 385 g/mol. The highest BCUT2D eigenvalue weighted by atomic mass is 32.1. The van der Waals surface area contributed by atoms with Gasteiger partial charge in [-0.05, 0) is 44.2 Å². The van der Waals surface area contributed by atoms with Crippen molar-refractivity contribution >= 4 is 34.3 Å². The number of likely N-dealkylation sites (tertiary alicyclic amines) is 1. The number of carbonyl (C=O) groups is 2. The van der Waals surface area contributed by atoms with Crippen molar-refractivity contribution in [2.45, 2.75) is 32.8 Å². The summed E-state index contributed by atoms with van der Waals surface area (Å²) in [5.41, 5.74) is 1.76. The van der Waals surface area contributed by atoms with Crippen LogP contribution in [0.5, 0.6) is 0 Å². The van der Waals surface area contributed by atoms with E-state index in [-0.39, 0.29) is 11.6 Å². The number of hydrogen-bond donors (Lipinski definition) is 0. The molecule has 0 aromatic carbocycles. The number of pyridine rings is 1. The summed E-state index contributed by atoms with van der Waals surface area (Å²) < 4.78 is 10.8. The highest BCUT2D eigenvalue weighted by molar-refractivity contribution is 7.13. The van der Waals surface area contributed by atoms with Crippen LogP contribution >= 0.6 is 11.3 Å². The minimum Gasteiger partial charge on any atom is -0.449 e. The minimum absolute atomic E-state index is 0.160. The zero-order chi connectivity index (χ0) is 19.0. The Morgan fingerprint density at radius 1 is 1.33 bits per heavy atom. The van der Waals surface area contributed by atoms with Gasteiger partial charge in [0, 0.05) is 13.1 Å². The van der Waals surface area contributed by atoms with Gasteiger partial charge in [-0.2, -0.15) is 0 Å². The molecule has 1 atom stereocenters. The van der Waals surface area contributed by atoms with Gasteiger partial charge >= 0.3 is 5.97 Å². The molecule has 0 N–H and O–H groups in total. The number of esters is 1. The van der Waals surface area contributed by atoms with Gasteiger partial charge in [-0.15, -0.1) is 11.3 Å². The van der Waals surface area contributed by atoms with E-state index in [1.54, 1.807) is 24.8 Å². The van der Waals surface area contributed by atoms with Gasteiger partial charge in [0.2, 0.25) is 0 Å². The molecule has 1 amide bonds. The number of rotatable bonds is 4. The Bertz CT molecular complexity index is 990. The third-order valence-electron chi connectivity index (χ3n) is 4.66. The molecule has 4 heterocycles. The third-order valence-corrected chi connectivity index (χ3v) is 5.55. The molecular weight excluding hydrogens is 366 g/mol. The Kier molecular flexibility index (Phi) is 4.65. The summed E-state index contributed by atoms with van der Waals surface area (Å²) in [5, 5.41) is 6.37. The molecule has 1 aliphatic rings. The molecule has 0 bridgehead atoms. The number of fused-ring (bicyclic) bond motifs is 1. The number of ether oxygens (including phenoxy) is 1. The zero-order valence-corrected chi connectivity index (χ0v) is 15.9. The SMILES string of the molecule is Cc1noc2nc(-c3cccs3)cc(C(=O)OC(C)C(=O)N3CCCC3)c12. The first kappa shape index (κ1) is 17.7. The highest BCUT2D eigenvalue weighted by Crippen LogP contribution is 2.30. The Balaban J connectivity index is 1.66. The number of aromatic nitrogens is 2. The summed E-state index contributed by atoms with van der Waals surface area (Å²) in [6, 6.07) is 5.50. The second kappa shape index (κ2) is 7.11. The maximum absolute atomic E-state index is 12.9. The molecule has 1 saturated heterocycles. The van der Waals surface area contributed by atoms with Crippen LogP contribution in [0.2, 0.25) is 0 Å². The predicted molar refractivity (Wildman–Crippen MR) is 101 cm³/mol. The Hall–Kier alpha value is -2.74. The summed E-state index contributed by atoms with van der Waals surface area (Å²) in [5.74, 6) is -0.738. The monoisotopic (exact) mass is 385 g/mol. The lowest BCUT2D eigenvalue weighted by atomic mass is 10.1. The minimum atomic E-state index is -0.843. The summed E-state index contributed by atoms with van der Waals surface area (Å²) in [4.78, 5) is 32.4. The Morgan fingerprint density at radius 3 is 2.81 bits per heavy atom. The van der Waals surface area contributed by atoms with Crippen LogP contribution in [-0.4, -0.2) is 46.1 Å². The molecule has 0 spiro atoms. The van der Waals surface area contributed by atoms with Gasteiger partial charge in [-0.3, -0.25) is 4.79 Å². The molecule has 8 heteroatoms. The summed E-state index contributed by atoms with van der Waals surface area (Å²) in [7, 11) is 0. The van der Waals surface area contributed by atoms with Crippen molar-refractivity contribution in [3.63, 3.8) is 0 Å². The fourth-order valence-electron chi connectivity index (χ4n) is 3.28. The van der Waals surface area contributed by atoms with E-state index in [9.17, 15) is 9.59 Å². The molecule has 0 radical (unpaired) electrons. The largest absolute Gasteiger partial charge is 0.449 e. The number of aryl methyl sites for hydroxylation is 1. The highest BCUT2D eigenvalue weighted by Gasteiger charge is 2.28. The van der Waals surface area contributed by atoms with Gasteiger partial charge in [0.05, 0.1) is 27.2 Å². The van der Waals surface area contributed by atoms with Crippen LogP contribution < -0.4 is 0 Å². The lowest BCUT2D eigenvalue weighted by Gasteiger charge is -2.20. The second-order valence-corrected chi connectivity index (χ2v) is 7.51. The van der Waals surface area contributed by atoms with E-state index in [1.165, 1.54) is 11.3 Å². The van der Waals surface area contributed by atoms with Crippen molar-refractivity contribution in [2.24, 2.45) is 0 Å². The molecule has 27 heavy (non-hydrogen) atoms. The van der Waals surface area contributed by atoms with Crippen molar-refractivity contribution in [3.05, 3.63) is 34.8 Å². The van der Waals surface area contributed by atoms with Crippen molar-refractivity contribution < 1.29 is 18.8 Å². The number of amides is 1. The average Bonchev–Trinajstić information content (AvgIpc) is 3.42. The van der Waals surface area contributed by atoms with Crippen LogP contribution in [0.1, 0.15) is 35.8 Å². The maximum Gasteiger partial charge on any atom is 0.339 e. The smallest absolute Gasteiger partial charge is 0.339 e. The van der Waals surface area contributed by atoms with E-state index in [2.05, 4.69) is 10.1 Å². The summed E-state index contributed by atoms with van der Waals surface area (Å²) in [6.07, 6.45) is 1.13. The van der Waals surface area contributed by atoms with E-state index in [0.717, 1.165) is 17.7 Å². The van der Waals surface area contributed by atoms with Gasteiger partial charge in [-0.1, -0.05) is 11.2 Å². The van der Waals surface area contributed by atoms with Crippen LogP contribution in [0, 0.1) is 6.92 Å². The molecule has 1 unspecified atom stereocenters. The van der Waals surface area contributed by atoms with E-state index >= 15 is 0 Å². The van der Waals surface area contributed by atoms with E-state index in [0.29, 0.717) is 35.4 Å². The molecule has 3 aromatic heterocycles. The molecule has 1 fully saturated rings. The van der Waals surface area contributed by atoms with Gasteiger partial charge in [-0.25, -0.2) is 9.78 Å². The van der Waals surface area contributed by atoms with Gasteiger partial charge in [0.25, 0.3) is 11.6 Å². The number of nitrogens with zero attached hydrogens (tertiary/aromatic N) is 3. The summed E-state index contributed by atoms with van der Waals surface area (Å²) in [6.45, 7) is 4.78. The molecule has 0 saturated carbocycles. The lowest BCUT2D eigenvalue weighted by Crippen LogP contribution is -2.38. The predicted octanol–water partition coefficient (Wildman–Crippen LogP) is 3.43. The zero-order valence-electron chi connectivity index (χ0n) is 15.1. The Morgan fingerprint density at radius 2 is 2.11 bits per heavy atom. The molecule has 3 aromatic rings. The van der Waals surface area contributed by atoms with Crippen molar-refractivity contribution in [3.8, 4) is 10.6 Å². The van der Waals surface area contributed by atoms with Crippen LogP contribution in [0.25, 0.3) is 21.7 Å². The number of hydrogen-bond acceptors (Lipinski definition) is 7. The van der Waals surface area contributed by atoms with Gasteiger partial charge < -0.3 is 14.2 Å². The van der Waals surface area contributed by atoms with Crippen LogP contribution in [0.3, 0.4) is 0 Å². The van der Waals surface area contributed by atoms with Crippen LogP contribution in [0.15, 0.2) is 28.1 Å². The second-order valence-electron chi connectivity index (χ2n) is 6.56. The van der Waals surface area contributed by atoms with E-state index in [4.69, 9.17) is 9.26 Å². The van der Waals surface area contributed by atoms with Gasteiger partial charge in [0.15, 0.2) is 6.10 Å². The lowest BCUT2D eigenvalue weighted by molar-refractivity contribution is -0.138. The normalized spacial score (nSPS) is 15.3. The van der Waals surface area contributed by atoms with Crippen molar-refractivity contribution in [1.82, 2.24) is 15.0 Å². The maximum atomic E-state index is 12.9.